The van der Waals surface area contributed by atoms with Crippen LogP contribution in [0.15, 0.2) is 79.0 Å². The third-order valence-electron chi connectivity index (χ3n) is 5.23. The van der Waals surface area contributed by atoms with E-state index in [1.165, 1.54) is 37.0 Å². The number of fused-ring (bicyclic) bond motifs is 1. The van der Waals surface area contributed by atoms with Crippen LogP contribution in [0.2, 0.25) is 0 Å². The molecule has 0 spiro atoms. The molecule has 0 aliphatic heterocycles. The molecule has 0 atom stereocenters. The Hall–Kier alpha value is -3.44. The second kappa shape index (κ2) is 9.37. The molecule has 0 amide bonds. The average Bonchev–Trinajstić information content (AvgIpc) is 2.79. The van der Waals surface area contributed by atoms with E-state index >= 15 is 0 Å². The van der Waals surface area contributed by atoms with Gasteiger partial charge in [0.2, 0.25) is 0 Å². The molecule has 1 aromatic heterocycles. The van der Waals surface area contributed by atoms with Crippen LogP contribution >= 0.6 is 0 Å². The lowest BCUT2D eigenvalue weighted by Gasteiger charge is -2.04. The largest absolute Gasteiger partial charge is 0.256 e. The van der Waals surface area contributed by atoms with Crippen molar-refractivity contribution < 1.29 is 4.39 Å². The van der Waals surface area contributed by atoms with Crippen LogP contribution in [0.3, 0.4) is 0 Å². The molecule has 0 N–H and O–H groups in total. The van der Waals surface area contributed by atoms with Crippen molar-refractivity contribution in [2.75, 3.05) is 0 Å². The molecule has 0 bridgehead atoms. The molecule has 0 unspecified atom stereocenters. The monoisotopic (exact) mass is 393 g/mol. The zero-order valence-corrected chi connectivity index (χ0v) is 17.2. The minimum absolute atomic E-state index is 0.220. The third-order valence-corrected chi connectivity index (χ3v) is 5.23. The Morgan fingerprint density at radius 2 is 1.50 bits per heavy atom. The minimum atomic E-state index is -0.220. The van der Waals surface area contributed by atoms with Crippen molar-refractivity contribution in [3.63, 3.8) is 0 Å². The highest BCUT2D eigenvalue weighted by Gasteiger charge is 2.01. The highest BCUT2D eigenvalue weighted by Crippen LogP contribution is 2.19. The summed E-state index contributed by atoms with van der Waals surface area (Å²) in [5.41, 5.74) is 5.24. The van der Waals surface area contributed by atoms with E-state index in [0.29, 0.717) is 0 Å². The molecule has 1 heterocycles. The van der Waals surface area contributed by atoms with Gasteiger partial charge in [0.05, 0.1) is 5.69 Å². The van der Waals surface area contributed by atoms with Gasteiger partial charge in [-0.1, -0.05) is 61.9 Å². The number of pyridine rings is 1. The van der Waals surface area contributed by atoms with Crippen LogP contribution in [0.5, 0.6) is 0 Å². The van der Waals surface area contributed by atoms with Crippen molar-refractivity contribution in [2.45, 2.75) is 32.6 Å². The van der Waals surface area contributed by atoms with Crippen molar-refractivity contribution in [3.8, 4) is 23.1 Å². The van der Waals surface area contributed by atoms with Gasteiger partial charge in [0.25, 0.3) is 0 Å². The summed E-state index contributed by atoms with van der Waals surface area (Å²) in [5.74, 6) is 6.19. The predicted molar refractivity (Wildman–Crippen MR) is 123 cm³/mol. The first-order valence-electron chi connectivity index (χ1n) is 10.5. The topological polar surface area (TPSA) is 12.9 Å². The second-order valence-electron chi connectivity index (χ2n) is 7.54. The summed E-state index contributed by atoms with van der Waals surface area (Å²) < 4.78 is 13.3. The van der Waals surface area contributed by atoms with Crippen molar-refractivity contribution >= 4 is 10.8 Å². The van der Waals surface area contributed by atoms with Crippen molar-refractivity contribution in [2.24, 2.45) is 0 Å². The molecular weight excluding hydrogens is 369 g/mol. The first kappa shape index (κ1) is 19.9. The van der Waals surface area contributed by atoms with Gasteiger partial charge >= 0.3 is 0 Å². The van der Waals surface area contributed by atoms with Crippen LogP contribution in [-0.4, -0.2) is 4.98 Å². The molecule has 3 aromatic carbocycles. The molecule has 4 aromatic rings. The van der Waals surface area contributed by atoms with Gasteiger partial charge in [0.1, 0.15) is 5.82 Å². The Kier molecular flexibility index (Phi) is 6.20. The summed E-state index contributed by atoms with van der Waals surface area (Å²) in [6, 6.07) is 23.1. The smallest absolute Gasteiger partial charge is 0.123 e. The van der Waals surface area contributed by atoms with Gasteiger partial charge in [-0.2, -0.15) is 0 Å². The van der Waals surface area contributed by atoms with E-state index in [4.69, 9.17) is 0 Å². The van der Waals surface area contributed by atoms with Gasteiger partial charge in [-0.05, 0) is 71.6 Å². The maximum absolute atomic E-state index is 13.3. The molecule has 0 radical (unpaired) electrons. The lowest BCUT2D eigenvalue weighted by molar-refractivity contribution is 0.630. The number of nitrogens with zero attached hydrogens (tertiary/aromatic N) is 1. The molecule has 4 rings (SSSR count). The maximum Gasteiger partial charge on any atom is 0.123 e. The van der Waals surface area contributed by atoms with E-state index in [1.807, 2.05) is 36.5 Å². The molecular formula is C28H24FN. The molecule has 0 saturated carbocycles. The summed E-state index contributed by atoms with van der Waals surface area (Å²) >= 11 is 0. The van der Waals surface area contributed by atoms with Crippen molar-refractivity contribution in [1.29, 1.82) is 0 Å². The van der Waals surface area contributed by atoms with Gasteiger partial charge in [-0.3, -0.25) is 4.98 Å². The van der Waals surface area contributed by atoms with E-state index < -0.39 is 0 Å². The number of aromatic nitrogens is 1. The zero-order chi connectivity index (χ0) is 20.8. The highest BCUT2D eigenvalue weighted by molar-refractivity contribution is 5.84. The molecule has 1 nitrogen and oxygen atoms in total. The molecule has 2 heteroatoms. The van der Waals surface area contributed by atoms with Gasteiger partial charge < -0.3 is 0 Å². The van der Waals surface area contributed by atoms with Crippen molar-refractivity contribution in [1.82, 2.24) is 4.98 Å². The first-order chi connectivity index (χ1) is 14.7. The lowest BCUT2D eigenvalue weighted by atomic mass is 10.1. The summed E-state index contributed by atoms with van der Waals surface area (Å²) in [6.45, 7) is 2.22. The summed E-state index contributed by atoms with van der Waals surface area (Å²) in [5, 5.41) is 1.87. The second-order valence-corrected chi connectivity index (χ2v) is 7.54. The number of hydrogen-bond acceptors (Lipinski definition) is 1. The fourth-order valence-electron chi connectivity index (χ4n) is 3.49. The molecule has 30 heavy (non-hydrogen) atoms. The minimum Gasteiger partial charge on any atom is -0.256 e. The van der Waals surface area contributed by atoms with E-state index in [9.17, 15) is 4.39 Å². The van der Waals surface area contributed by atoms with Crippen LogP contribution in [0.1, 0.15) is 42.9 Å². The van der Waals surface area contributed by atoms with E-state index in [1.54, 1.807) is 6.07 Å². The normalized spacial score (nSPS) is 10.6. The predicted octanol–water partition coefficient (Wildman–Crippen LogP) is 7.17. The lowest BCUT2D eigenvalue weighted by Crippen LogP contribution is -1.89. The Morgan fingerprint density at radius 3 is 2.27 bits per heavy atom. The van der Waals surface area contributed by atoms with Crippen LogP contribution in [0, 0.1) is 17.7 Å². The fraction of sp³-hybridized carbons (Fsp3) is 0.179. The van der Waals surface area contributed by atoms with Crippen LogP contribution in [0.25, 0.3) is 22.0 Å². The Morgan fingerprint density at radius 1 is 0.767 bits per heavy atom. The molecule has 0 aliphatic carbocycles. The van der Waals surface area contributed by atoms with Gasteiger partial charge in [0.15, 0.2) is 0 Å². The summed E-state index contributed by atoms with van der Waals surface area (Å²) in [7, 11) is 0. The highest BCUT2D eigenvalue weighted by atomic mass is 19.1. The standard InChI is InChI=1S/C28H24FN/c1-2-3-4-5-23-11-17-28(30-20-23)24-12-8-21(9-13-24)6-7-22-10-14-26-19-27(29)16-15-25(26)18-22/h8-20H,2-5H2,1H3. The SMILES string of the molecule is CCCCCc1ccc(-c2ccc(C#Cc3ccc4cc(F)ccc4c3)cc2)nc1. The molecule has 0 fully saturated rings. The van der Waals surface area contributed by atoms with E-state index in [0.717, 1.165) is 39.6 Å². The van der Waals surface area contributed by atoms with Gasteiger partial charge in [0, 0.05) is 22.9 Å². The number of hydrogen-bond donors (Lipinski definition) is 0. The van der Waals surface area contributed by atoms with Crippen LogP contribution in [0.4, 0.5) is 4.39 Å². The Balaban J connectivity index is 1.46. The zero-order valence-electron chi connectivity index (χ0n) is 17.2. The molecule has 0 saturated heterocycles. The van der Waals surface area contributed by atoms with Crippen LogP contribution < -0.4 is 0 Å². The summed E-state index contributed by atoms with van der Waals surface area (Å²) in [6.07, 6.45) is 6.81. The fourth-order valence-corrected chi connectivity index (χ4v) is 3.49. The van der Waals surface area contributed by atoms with Gasteiger partial charge in [-0.15, -0.1) is 0 Å². The van der Waals surface area contributed by atoms with Crippen molar-refractivity contribution in [3.05, 3.63) is 102 Å². The average molecular weight is 394 g/mol. The van der Waals surface area contributed by atoms with E-state index in [2.05, 4.69) is 48.0 Å². The van der Waals surface area contributed by atoms with E-state index in [-0.39, 0.29) is 5.82 Å². The number of aryl methyl sites for hydroxylation is 1. The quantitative estimate of drug-likeness (QED) is 0.259. The maximum atomic E-state index is 13.3. The molecule has 0 aliphatic rings. The van der Waals surface area contributed by atoms with Gasteiger partial charge in [-0.25, -0.2) is 4.39 Å². The first-order valence-corrected chi connectivity index (χ1v) is 10.5. The third kappa shape index (κ3) is 4.93. The Labute approximate surface area is 177 Å². The summed E-state index contributed by atoms with van der Waals surface area (Å²) in [4.78, 5) is 4.62. The number of rotatable bonds is 5. The number of benzene rings is 3. The van der Waals surface area contributed by atoms with Crippen LogP contribution in [-0.2, 0) is 6.42 Å². The molecule has 148 valence electrons. The number of halogens is 1. The Bertz CT molecular complexity index is 1200. The number of unbranched alkanes of at least 4 members (excludes halogenated alkanes) is 2.